The maximum Gasteiger partial charge on any atom is 0.237 e. The Bertz CT molecular complexity index is 692. The summed E-state index contributed by atoms with van der Waals surface area (Å²) >= 11 is 1.99. The lowest BCUT2D eigenvalue weighted by atomic mass is 10.2. The van der Waals surface area contributed by atoms with Crippen LogP contribution in [0.25, 0.3) is 11.0 Å². The molecule has 4 rings (SSSR count). The fraction of sp³-hybridized carbons (Fsp3) is 0.556. The van der Waals surface area contributed by atoms with E-state index in [9.17, 15) is 4.79 Å². The number of fused-ring (bicyclic) bond motifs is 1. The first-order chi connectivity index (χ1) is 11.7. The van der Waals surface area contributed by atoms with Crippen molar-refractivity contribution in [2.24, 2.45) is 0 Å². The van der Waals surface area contributed by atoms with Crippen LogP contribution in [0, 0.1) is 0 Å². The molecule has 2 saturated heterocycles. The highest BCUT2D eigenvalue weighted by atomic mass is 32.2. The number of para-hydroxylation sites is 2. The van der Waals surface area contributed by atoms with Crippen molar-refractivity contribution in [2.45, 2.75) is 31.3 Å². The summed E-state index contributed by atoms with van der Waals surface area (Å²) in [5.41, 5.74) is 2.03. The molecule has 1 N–H and O–H groups in total. The van der Waals surface area contributed by atoms with Gasteiger partial charge in [0.15, 0.2) is 0 Å². The van der Waals surface area contributed by atoms with Gasteiger partial charge in [-0.2, -0.15) is 11.8 Å². The summed E-state index contributed by atoms with van der Waals surface area (Å²) in [6.45, 7) is 1.36. The molecule has 0 unspecified atom stereocenters. The Morgan fingerprint density at radius 1 is 1.42 bits per heavy atom. The van der Waals surface area contributed by atoms with Gasteiger partial charge in [0.2, 0.25) is 5.91 Å². The first-order valence-corrected chi connectivity index (χ1v) is 9.90. The van der Waals surface area contributed by atoms with Crippen LogP contribution < -0.4 is 0 Å². The van der Waals surface area contributed by atoms with Crippen LogP contribution in [0.4, 0.5) is 0 Å². The van der Waals surface area contributed by atoms with Gasteiger partial charge in [-0.25, -0.2) is 4.98 Å². The van der Waals surface area contributed by atoms with Crippen molar-refractivity contribution in [2.75, 3.05) is 31.6 Å². The minimum absolute atomic E-state index is 0.0938. The summed E-state index contributed by atoms with van der Waals surface area (Å²) < 4.78 is 0. The topological polar surface area (TPSA) is 52.2 Å². The van der Waals surface area contributed by atoms with Gasteiger partial charge in [0.05, 0.1) is 23.6 Å². The van der Waals surface area contributed by atoms with E-state index in [0.717, 1.165) is 42.0 Å². The number of nitrogens with zero attached hydrogens (tertiary/aromatic N) is 3. The van der Waals surface area contributed by atoms with Crippen molar-refractivity contribution in [3.05, 3.63) is 30.1 Å². The van der Waals surface area contributed by atoms with Crippen LogP contribution in [0.1, 0.15) is 31.1 Å². The number of nitrogens with one attached hydrogen (secondary N) is 1. The van der Waals surface area contributed by atoms with Gasteiger partial charge in [0.25, 0.3) is 0 Å². The number of hydrogen-bond donors (Lipinski definition) is 1. The Balaban J connectivity index is 1.48. The molecule has 1 aromatic heterocycles. The van der Waals surface area contributed by atoms with Crippen molar-refractivity contribution in [1.82, 2.24) is 19.8 Å². The molecule has 5 nitrogen and oxygen atoms in total. The maximum atomic E-state index is 12.8. The molecule has 2 aliphatic rings. The zero-order valence-electron chi connectivity index (χ0n) is 14.1. The van der Waals surface area contributed by atoms with Gasteiger partial charge in [-0.3, -0.25) is 9.69 Å². The van der Waals surface area contributed by atoms with Gasteiger partial charge in [-0.1, -0.05) is 12.1 Å². The number of carbonyl (C=O) groups excluding carboxylic acids is 1. The second-order valence-electron chi connectivity index (χ2n) is 6.82. The third-order valence-corrected chi connectivity index (χ3v) is 6.35. The molecule has 0 radical (unpaired) electrons. The fourth-order valence-electron chi connectivity index (χ4n) is 3.78. The molecule has 2 aromatic rings. The molecular formula is C18H24N4OS. The van der Waals surface area contributed by atoms with Gasteiger partial charge >= 0.3 is 0 Å². The van der Waals surface area contributed by atoms with E-state index in [4.69, 9.17) is 4.98 Å². The zero-order chi connectivity index (χ0) is 16.5. The van der Waals surface area contributed by atoms with Gasteiger partial charge < -0.3 is 9.88 Å². The lowest BCUT2D eigenvalue weighted by Gasteiger charge is -2.28. The smallest absolute Gasteiger partial charge is 0.237 e. The summed E-state index contributed by atoms with van der Waals surface area (Å²) in [6, 6.07) is 8.71. The minimum Gasteiger partial charge on any atom is -0.340 e. The number of rotatable bonds is 4. The van der Waals surface area contributed by atoms with E-state index >= 15 is 0 Å². The molecule has 0 aliphatic carbocycles. The summed E-state index contributed by atoms with van der Waals surface area (Å²) in [5.74, 6) is 3.53. The number of likely N-dealkylation sites (N-methyl/N-ethyl adjacent to an activating group) is 1. The maximum absolute atomic E-state index is 12.8. The normalized spacial score (nSPS) is 24.3. The lowest BCUT2D eigenvalue weighted by molar-refractivity contribution is -0.133. The van der Waals surface area contributed by atoms with Crippen LogP contribution in [-0.2, 0) is 4.79 Å². The zero-order valence-corrected chi connectivity index (χ0v) is 14.9. The number of carbonyl (C=O) groups is 1. The Morgan fingerprint density at radius 3 is 3.08 bits per heavy atom. The number of likely N-dealkylation sites (tertiary alicyclic amines) is 1. The Hall–Kier alpha value is -1.53. The number of hydrogen-bond acceptors (Lipinski definition) is 4. The van der Waals surface area contributed by atoms with Gasteiger partial charge in [0.1, 0.15) is 5.82 Å². The Kier molecular flexibility index (Phi) is 4.50. The van der Waals surface area contributed by atoms with Crippen molar-refractivity contribution in [3.8, 4) is 0 Å². The second kappa shape index (κ2) is 6.76. The van der Waals surface area contributed by atoms with E-state index in [1.54, 1.807) is 0 Å². The van der Waals surface area contributed by atoms with Crippen molar-refractivity contribution < 1.29 is 4.79 Å². The van der Waals surface area contributed by atoms with Crippen LogP contribution in [-0.4, -0.2) is 63.4 Å². The molecule has 128 valence electrons. The molecule has 2 atom stereocenters. The van der Waals surface area contributed by atoms with Crippen LogP contribution in [0.3, 0.4) is 0 Å². The van der Waals surface area contributed by atoms with E-state index in [0.29, 0.717) is 12.6 Å². The highest BCUT2D eigenvalue weighted by Crippen LogP contribution is 2.31. The minimum atomic E-state index is 0.0938. The quantitative estimate of drug-likeness (QED) is 0.926. The molecular weight excluding hydrogens is 320 g/mol. The number of imidazole rings is 1. The van der Waals surface area contributed by atoms with Crippen molar-refractivity contribution >= 4 is 28.7 Å². The first kappa shape index (κ1) is 16.0. The number of benzene rings is 1. The molecule has 0 spiro atoms. The number of thioether (sulfide) groups is 1. The van der Waals surface area contributed by atoms with E-state index in [1.165, 1.54) is 12.2 Å². The molecule has 1 aromatic carbocycles. The molecule has 2 aliphatic heterocycles. The van der Waals surface area contributed by atoms with Gasteiger partial charge in [-0.05, 0) is 44.2 Å². The number of H-pyrrole nitrogens is 1. The van der Waals surface area contributed by atoms with E-state index < -0.39 is 0 Å². The van der Waals surface area contributed by atoms with E-state index in [1.807, 2.05) is 40.9 Å². The Morgan fingerprint density at radius 2 is 2.29 bits per heavy atom. The molecule has 2 fully saturated rings. The third-order valence-electron chi connectivity index (χ3n) is 5.21. The molecule has 24 heavy (non-hydrogen) atoms. The standard InChI is InChI=1S/C18H24N4OS/c1-21(13-8-10-24-12-13)11-17(23)22-9-4-7-16(22)18-19-14-5-2-3-6-15(14)20-18/h2-3,5-6,13,16H,4,7-12H2,1H3,(H,19,20)/t13-,16-/m1/s1. The SMILES string of the molecule is CN(CC(=O)N1CCC[C@@H]1c1nc2ccccc2[nH]1)[C@@H]1CCSC1. The molecule has 0 bridgehead atoms. The average Bonchev–Trinajstić information content (AvgIpc) is 3.32. The summed E-state index contributed by atoms with van der Waals surface area (Å²) in [4.78, 5) is 25.2. The van der Waals surface area contributed by atoms with Crippen molar-refractivity contribution in [1.29, 1.82) is 0 Å². The molecule has 6 heteroatoms. The third kappa shape index (κ3) is 3.05. The van der Waals surface area contributed by atoms with Crippen LogP contribution in [0.5, 0.6) is 0 Å². The fourth-order valence-corrected chi connectivity index (χ4v) is 5.08. The Labute approximate surface area is 146 Å². The van der Waals surface area contributed by atoms with Crippen LogP contribution in [0.15, 0.2) is 24.3 Å². The largest absolute Gasteiger partial charge is 0.340 e. The molecule has 0 saturated carbocycles. The molecule has 1 amide bonds. The highest BCUT2D eigenvalue weighted by molar-refractivity contribution is 7.99. The van der Waals surface area contributed by atoms with Crippen LogP contribution in [0.2, 0.25) is 0 Å². The molecule has 3 heterocycles. The van der Waals surface area contributed by atoms with Gasteiger partial charge in [-0.15, -0.1) is 0 Å². The van der Waals surface area contributed by atoms with E-state index in [-0.39, 0.29) is 11.9 Å². The van der Waals surface area contributed by atoms with Gasteiger partial charge in [0, 0.05) is 18.3 Å². The summed E-state index contributed by atoms with van der Waals surface area (Å²) in [5, 5.41) is 0. The summed E-state index contributed by atoms with van der Waals surface area (Å²) in [7, 11) is 2.08. The first-order valence-electron chi connectivity index (χ1n) is 8.74. The predicted molar refractivity (Wildman–Crippen MR) is 98.1 cm³/mol. The average molecular weight is 344 g/mol. The monoisotopic (exact) mass is 344 g/mol. The number of aromatic nitrogens is 2. The lowest BCUT2D eigenvalue weighted by Crippen LogP contribution is -2.42. The summed E-state index contributed by atoms with van der Waals surface area (Å²) in [6.07, 6.45) is 3.24. The van der Waals surface area contributed by atoms with Crippen molar-refractivity contribution in [3.63, 3.8) is 0 Å². The number of aromatic amines is 1. The second-order valence-corrected chi connectivity index (χ2v) is 7.97. The highest BCUT2D eigenvalue weighted by Gasteiger charge is 2.33. The number of amides is 1. The van der Waals surface area contributed by atoms with Crippen LogP contribution >= 0.6 is 11.8 Å². The van der Waals surface area contributed by atoms with E-state index in [2.05, 4.69) is 16.9 Å². The predicted octanol–water partition coefficient (Wildman–Crippen LogP) is 2.66.